The van der Waals surface area contributed by atoms with Crippen LogP contribution in [-0.2, 0) is 9.84 Å². The highest BCUT2D eigenvalue weighted by atomic mass is 32.2. The number of fused-ring (bicyclic) bond motifs is 1. The number of phenolic OH excluding ortho intramolecular Hbond substituents is 1. The summed E-state index contributed by atoms with van der Waals surface area (Å²) < 4.78 is 38.5. The Hall–Kier alpha value is -3.65. The summed E-state index contributed by atoms with van der Waals surface area (Å²) in [6, 6.07) is 18.4. The van der Waals surface area contributed by atoms with Gasteiger partial charge in [-0.3, -0.25) is 0 Å². The van der Waals surface area contributed by atoms with Crippen molar-refractivity contribution in [2.24, 2.45) is 5.73 Å². The van der Waals surface area contributed by atoms with Crippen LogP contribution in [0.5, 0.6) is 17.2 Å². The van der Waals surface area contributed by atoms with E-state index in [1.165, 1.54) is 25.3 Å². The third-order valence-corrected chi connectivity index (χ3v) is 7.34. The molecule has 0 aliphatic carbocycles. The van der Waals surface area contributed by atoms with Crippen molar-refractivity contribution in [3.8, 4) is 17.2 Å². The van der Waals surface area contributed by atoms with E-state index in [1.807, 2.05) is 37.2 Å². The number of hydrogen-bond donors (Lipinski definition) is 2. The quantitative estimate of drug-likeness (QED) is 0.610. The van der Waals surface area contributed by atoms with Gasteiger partial charge in [0.25, 0.3) is 0 Å². The molecule has 32 heavy (non-hydrogen) atoms. The van der Waals surface area contributed by atoms with Crippen molar-refractivity contribution in [3.05, 3.63) is 88.6 Å². The summed E-state index contributed by atoms with van der Waals surface area (Å²) in [5.41, 5.74) is 8.38. The minimum absolute atomic E-state index is 0.0455. The van der Waals surface area contributed by atoms with Crippen molar-refractivity contribution in [1.29, 1.82) is 0 Å². The zero-order valence-electron chi connectivity index (χ0n) is 17.9. The minimum atomic E-state index is -3.99. The number of aromatic hydroxyl groups is 1. The molecule has 166 valence electrons. The Morgan fingerprint density at radius 1 is 1.03 bits per heavy atom. The highest BCUT2D eigenvalue weighted by molar-refractivity contribution is 7.95. The van der Waals surface area contributed by atoms with E-state index in [4.69, 9.17) is 15.2 Å². The fourth-order valence-electron chi connectivity index (χ4n) is 3.80. The molecule has 0 bridgehead atoms. The molecular formula is C24H24N2O5S. The Kier molecular flexibility index (Phi) is 5.48. The summed E-state index contributed by atoms with van der Waals surface area (Å²) in [7, 11) is 1.25. The van der Waals surface area contributed by atoms with Crippen LogP contribution >= 0.6 is 0 Å². The molecule has 4 rings (SSSR count). The van der Waals surface area contributed by atoms with Crippen molar-refractivity contribution in [2.45, 2.75) is 10.8 Å². The van der Waals surface area contributed by atoms with Crippen molar-refractivity contribution < 1.29 is 23.0 Å². The van der Waals surface area contributed by atoms with Crippen LogP contribution in [-0.4, -0.2) is 34.7 Å². The number of rotatable bonds is 5. The van der Waals surface area contributed by atoms with Gasteiger partial charge in [0.1, 0.15) is 10.7 Å². The molecule has 7 nitrogen and oxygen atoms in total. The highest BCUT2D eigenvalue weighted by Crippen LogP contribution is 2.48. The predicted octanol–water partition coefficient (Wildman–Crippen LogP) is 3.59. The van der Waals surface area contributed by atoms with Gasteiger partial charge in [-0.1, -0.05) is 30.3 Å². The largest absolute Gasteiger partial charge is 0.504 e. The van der Waals surface area contributed by atoms with Gasteiger partial charge in [0.15, 0.2) is 11.5 Å². The first kappa shape index (κ1) is 21.6. The monoisotopic (exact) mass is 452 g/mol. The molecule has 0 spiro atoms. The van der Waals surface area contributed by atoms with E-state index in [0.717, 1.165) is 5.69 Å². The zero-order valence-corrected chi connectivity index (χ0v) is 18.8. The van der Waals surface area contributed by atoms with Crippen molar-refractivity contribution in [2.75, 3.05) is 26.1 Å². The van der Waals surface area contributed by atoms with Gasteiger partial charge in [-0.05, 0) is 35.9 Å². The van der Waals surface area contributed by atoms with Crippen LogP contribution < -0.4 is 20.1 Å². The topological polar surface area (TPSA) is 102 Å². The van der Waals surface area contributed by atoms with Gasteiger partial charge < -0.3 is 25.2 Å². The fraction of sp³-hybridized carbons (Fsp3) is 0.167. The average molecular weight is 453 g/mol. The van der Waals surface area contributed by atoms with Crippen LogP contribution in [0.3, 0.4) is 0 Å². The van der Waals surface area contributed by atoms with Crippen LogP contribution in [0.25, 0.3) is 0 Å². The molecule has 0 saturated heterocycles. The summed E-state index contributed by atoms with van der Waals surface area (Å²) in [5, 5.41) is 10.1. The van der Waals surface area contributed by atoms with Gasteiger partial charge in [0, 0.05) is 31.4 Å². The van der Waals surface area contributed by atoms with E-state index in [-0.39, 0.29) is 27.2 Å². The number of nitrogens with zero attached hydrogens (tertiary/aromatic N) is 1. The van der Waals surface area contributed by atoms with Crippen LogP contribution in [0, 0.1) is 0 Å². The lowest BCUT2D eigenvalue weighted by molar-refractivity contribution is 0.372. The maximum absolute atomic E-state index is 13.7. The molecule has 0 aromatic heterocycles. The SMILES string of the molecule is COc1cc(C2C(S(=O)(=O)c3ccccc3)=C(N)Oc3cc(N(C)C)ccc32)ccc1O. The third kappa shape index (κ3) is 3.62. The standard InChI is InChI=1S/C24H24N2O5S/c1-26(2)16-10-11-18-20(14-16)31-24(25)23(32(28,29)17-7-5-4-6-8-17)22(18)15-9-12-19(27)21(13-15)30-3/h4-14,22,27H,25H2,1-3H3. The summed E-state index contributed by atoms with van der Waals surface area (Å²) in [6.07, 6.45) is 0. The lowest BCUT2D eigenvalue weighted by Crippen LogP contribution is -2.27. The van der Waals surface area contributed by atoms with Crippen molar-refractivity contribution >= 4 is 15.5 Å². The molecule has 1 aliphatic heterocycles. The smallest absolute Gasteiger partial charge is 0.208 e. The van der Waals surface area contributed by atoms with Crippen LogP contribution in [0.1, 0.15) is 17.0 Å². The third-order valence-electron chi connectivity index (χ3n) is 5.43. The molecule has 8 heteroatoms. The van der Waals surface area contributed by atoms with E-state index in [0.29, 0.717) is 16.9 Å². The Morgan fingerprint density at radius 2 is 1.75 bits per heavy atom. The number of benzene rings is 3. The maximum atomic E-state index is 13.7. The van der Waals surface area contributed by atoms with E-state index < -0.39 is 15.8 Å². The maximum Gasteiger partial charge on any atom is 0.208 e. The number of nitrogens with two attached hydrogens (primary N) is 1. The molecule has 1 unspecified atom stereocenters. The highest BCUT2D eigenvalue weighted by Gasteiger charge is 2.39. The fourth-order valence-corrected chi connectivity index (χ4v) is 5.45. The number of phenols is 1. The molecule has 0 saturated carbocycles. The number of allylic oxidation sites excluding steroid dienone is 1. The molecular weight excluding hydrogens is 428 g/mol. The molecule has 0 fully saturated rings. The first-order valence-corrected chi connectivity index (χ1v) is 11.4. The number of hydrogen-bond acceptors (Lipinski definition) is 7. The molecule has 1 heterocycles. The summed E-state index contributed by atoms with van der Waals surface area (Å²) in [5.74, 6) is -0.284. The predicted molar refractivity (Wildman–Crippen MR) is 123 cm³/mol. The van der Waals surface area contributed by atoms with Gasteiger partial charge in [-0.2, -0.15) is 0 Å². The summed E-state index contributed by atoms with van der Waals surface area (Å²) >= 11 is 0. The Balaban J connectivity index is 1.98. The van der Waals surface area contributed by atoms with Gasteiger partial charge in [0.05, 0.1) is 17.9 Å². The molecule has 1 aliphatic rings. The Labute approximate surface area is 187 Å². The lowest BCUT2D eigenvalue weighted by atomic mass is 9.88. The van der Waals surface area contributed by atoms with Crippen LogP contribution in [0.2, 0.25) is 0 Å². The van der Waals surface area contributed by atoms with Crippen molar-refractivity contribution in [3.63, 3.8) is 0 Å². The van der Waals surface area contributed by atoms with E-state index in [1.54, 1.807) is 30.3 Å². The van der Waals surface area contributed by atoms with Gasteiger partial charge in [0.2, 0.25) is 15.7 Å². The molecule has 0 radical (unpaired) electrons. The second-order valence-electron chi connectivity index (χ2n) is 7.63. The number of sulfone groups is 1. The molecule has 3 N–H and O–H groups in total. The summed E-state index contributed by atoms with van der Waals surface area (Å²) in [4.78, 5) is 1.98. The van der Waals surface area contributed by atoms with E-state index >= 15 is 0 Å². The second kappa shape index (κ2) is 8.12. The zero-order chi connectivity index (χ0) is 23.0. The summed E-state index contributed by atoms with van der Waals surface area (Å²) in [6.45, 7) is 0. The van der Waals surface area contributed by atoms with E-state index in [9.17, 15) is 13.5 Å². The van der Waals surface area contributed by atoms with E-state index in [2.05, 4.69) is 0 Å². The van der Waals surface area contributed by atoms with Crippen molar-refractivity contribution in [1.82, 2.24) is 0 Å². The van der Waals surface area contributed by atoms with Crippen LogP contribution in [0.4, 0.5) is 5.69 Å². The molecule has 0 amide bonds. The number of anilines is 1. The minimum Gasteiger partial charge on any atom is -0.504 e. The first-order valence-electron chi connectivity index (χ1n) is 9.90. The Bertz CT molecular complexity index is 1300. The number of methoxy groups -OCH3 is 1. The molecule has 1 atom stereocenters. The lowest BCUT2D eigenvalue weighted by Gasteiger charge is -2.30. The first-order chi connectivity index (χ1) is 15.2. The molecule has 3 aromatic rings. The number of ether oxygens (including phenoxy) is 2. The second-order valence-corrected chi connectivity index (χ2v) is 9.55. The van der Waals surface area contributed by atoms with Crippen LogP contribution in [0.15, 0.2) is 82.4 Å². The Morgan fingerprint density at radius 3 is 2.41 bits per heavy atom. The van der Waals surface area contributed by atoms with Gasteiger partial charge in [-0.15, -0.1) is 0 Å². The average Bonchev–Trinajstić information content (AvgIpc) is 2.78. The van der Waals surface area contributed by atoms with Gasteiger partial charge in [-0.25, -0.2) is 8.42 Å². The van der Waals surface area contributed by atoms with Gasteiger partial charge >= 0.3 is 0 Å². The molecule has 3 aromatic carbocycles. The normalized spacial score (nSPS) is 15.7.